The third-order valence-corrected chi connectivity index (χ3v) is 3.24. The molecule has 2 nitrogen and oxygen atoms in total. The van der Waals surface area contributed by atoms with Gasteiger partial charge in [0.2, 0.25) is 0 Å². The molecule has 0 aliphatic carbocycles. The van der Waals surface area contributed by atoms with Crippen LogP contribution < -0.4 is 5.73 Å². The van der Waals surface area contributed by atoms with E-state index in [0.29, 0.717) is 10.8 Å². The molecule has 0 amide bonds. The summed E-state index contributed by atoms with van der Waals surface area (Å²) in [6.45, 7) is 0. The van der Waals surface area contributed by atoms with Gasteiger partial charge in [0.05, 0.1) is 4.47 Å². The Morgan fingerprint density at radius 3 is 2.60 bits per heavy atom. The van der Waals surface area contributed by atoms with E-state index >= 15 is 0 Å². The molecule has 0 fully saturated rings. The van der Waals surface area contributed by atoms with Crippen LogP contribution in [0.4, 0.5) is 5.82 Å². The summed E-state index contributed by atoms with van der Waals surface area (Å²) >= 11 is 9.51. The van der Waals surface area contributed by atoms with Crippen molar-refractivity contribution in [3.05, 3.63) is 46.0 Å². The molecule has 4 heteroatoms. The molecule has 0 aliphatic heterocycles. The fourth-order valence-corrected chi connectivity index (χ4v) is 2.03. The van der Waals surface area contributed by atoms with Gasteiger partial charge in [0, 0.05) is 22.3 Å². The SMILES string of the molecule is Nc1nccc(-c2ccccc2Cl)c1Br. The maximum atomic E-state index is 6.10. The number of rotatable bonds is 1. The smallest absolute Gasteiger partial charge is 0.138 e. The number of hydrogen-bond acceptors (Lipinski definition) is 2. The lowest BCUT2D eigenvalue weighted by atomic mass is 10.1. The van der Waals surface area contributed by atoms with E-state index in [1.165, 1.54) is 0 Å². The minimum Gasteiger partial charge on any atom is -0.383 e. The number of anilines is 1. The number of halogens is 2. The number of hydrogen-bond donors (Lipinski definition) is 1. The normalized spacial score (nSPS) is 10.3. The highest BCUT2D eigenvalue weighted by molar-refractivity contribution is 9.10. The minimum absolute atomic E-state index is 0.465. The number of nitrogens with two attached hydrogens (primary N) is 1. The zero-order chi connectivity index (χ0) is 10.8. The highest BCUT2D eigenvalue weighted by Crippen LogP contribution is 2.34. The topological polar surface area (TPSA) is 38.9 Å². The van der Waals surface area contributed by atoms with Gasteiger partial charge >= 0.3 is 0 Å². The standard InChI is InChI=1S/C11H8BrClN2/c12-10-8(5-6-15-11(10)14)7-3-1-2-4-9(7)13/h1-6H,(H2,14,15). The first-order chi connectivity index (χ1) is 7.20. The van der Waals surface area contributed by atoms with Crippen LogP contribution in [0.5, 0.6) is 0 Å². The van der Waals surface area contributed by atoms with Crippen molar-refractivity contribution in [2.75, 3.05) is 5.73 Å². The Labute approximate surface area is 101 Å². The van der Waals surface area contributed by atoms with Crippen molar-refractivity contribution in [2.24, 2.45) is 0 Å². The number of aromatic nitrogens is 1. The molecule has 1 aromatic carbocycles. The molecular formula is C11H8BrClN2. The predicted octanol–water partition coefficient (Wildman–Crippen LogP) is 3.75. The van der Waals surface area contributed by atoms with Crippen LogP contribution in [0.15, 0.2) is 41.0 Å². The molecule has 0 unspecified atom stereocenters. The number of nitrogen functional groups attached to an aromatic ring is 1. The Morgan fingerprint density at radius 1 is 1.13 bits per heavy atom. The van der Waals surface area contributed by atoms with Gasteiger partial charge in [0.15, 0.2) is 0 Å². The zero-order valence-electron chi connectivity index (χ0n) is 7.74. The zero-order valence-corrected chi connectivity index (χ0v) is 10.1. The summed E-state index contributed by atoms with van der Waals surface area (Å²) in [4.78, 5) is 3.98. The Kier molecular flexibility index (Phi) is 2.93. The van der Waals surface area contributed by atoms with E-state index in [0.717, 1.165) is 15.6 Å². The lowest BCUT2D eigenvalue weighted by Crippen LogP contribution is -1.92. The molecule has 2 aromatic rings. The van der Waals surface area contributed by atoms with Crippen molar-refractivity contribution in [1.82, 2.24) is 4.98 Å². The first-order valence-corrected chi connectivity index (χ1v) is 5.52. The maximum Gasteiger partial charge on any atom is 0.138 e. The highest BCUT2D eigenvalue weighted by atomic mass is 79.9. The van der Waals surface area contributed by atoms with Gasteiger partial charge < -0.3 is 5.73 Å². The van der Waals surface area contributed by atoms with E-state index < -0.39 is 0 Å². The van der Waals surface area contributed by atoms with E-state index in [2.05, 4.69) is 20.9 Å². The average Bonchev–Trinajstić information content (AvgIpc) is 2.23. The van der Waals surface area contributed by atoms with E-state index in [9.17, 15) is 0 Å². The first kappa shape index (κ1) is 10.5. The van der Waals surface area contributed by atoms with Gasteiger partial charge in [-0.3, -0.25) is 0 Å². The van der Waals surface area contributed by atoms with Crippen molar-refractivity contribution in [3.8, 4) is 11.1 Å². The molecule has 0 radical (unpaired) electrons. The van der Waals surface area contributed by atoms with Gasteiger partial charge in [-0.1, -0.05) is 29.8 Å². The van der Waals surface area contributed by atoms with E-state index in [4.69, 9.17) is 17.3 Å². The summed E-state index contributed by atoms with van der Waals surface area (Å²) < 4.78 is 0.776. The molecule has 0 atom stereocenters. The molecule has 0 saturated heterocycles. The maximum absolute atomic E-state index is 6.10. The van der Waals surface area contributed by atoms with Crippen LogP contribution in [0.25, 0.3) is 11.1 Å². The van der Waals surface area contributed by atoms with Crippen molar-refractivity contribution < 1.29 is 0 Å². The molecule has 0 aliphatic rings. The van der Waals surface area contributed by atoms with Crippen LogP contribution in [0.3, 0.4) is 0 Å². The third kappa shape index (κ3) is 1.98. The summed E-state index contributed by atoms with van der Waals surface area (Å²) in [7, 11) is 0. The second-order valence-electron chi connectivity index (χ2n) is 3.04. The molecule has 1 aromatic heterocycles. The second kappa shape index (κ2) is 4.21. The first-order valence-electron chi connectivity index (χ1n) is 4.35. The Bertz CT molecular complexity index is 500. The van der Waals surface area contributed by atoms with Crippen molar-refractivity contribution >= 4 is 33.3 Å². The van der Waals surface area contributed by atoms with E-state index in [1.807, 2.05) is 30.3 Å². The molecule has 0 saturated carbocycles. The molecule has 15 heavy (non-hydrogen) atoms. The molecule has 0 bridgehead atoms. The van der Waals surface area contributed by atoms with Crippen molar-refractivity contribution in [2.45, 2.75) is 0 Å². The monoisotopic (exact) mass is 282 g/mol. The molecule has 76 valence electrons. The molecule has 0 spiro atoms. The number of benzene rings is 1. The quantitative estimate of drug-likeness (QED) is 0.866. The van der Waals surface area contributed by atoms with Gasteiger partial charge in [0.25, 0.3) is 0 Å². The van der Waals surface area contributed by atoms with Crippen molar-refractivity contribution in [3.63, 3.8) is 0 Å². The second-order valence-corrected chi connectivity index (χ2v) is 4.24. The summed E-state index contributed by atoms with van der Waals surface area (Å²) in [6.07, 6.45) is 1.67. The summed E-state index contributed by atoms with van der Waals surface area (Å²) in [5, 5.41) is 0.698. The Morgan fingerprint density at radius 2 is 1.87 bits per heavy atom. The minimum atomic E-state index is 0.465. The van der Waals surface area contributed by atoms with Crippen LogP contribution in [0.1, 0.15) is 0 Å². The largest absolute Gasteiger partial charge is 0.383 e. The lowest BCUT2D eigenvalue weighted by Gasteiger charge is -2.07. The van der Waals surface area contributed by atoms with E-state index in [-0.39, 0.29) is 0 Å². The van der Waals surface area contributed by atoms with Crippen molar-refractivity contribution in [1.29, 1.82) is 0 Å². The highest BCUT2D eigenvalue weighted by Gasteiger charge is 2.08. The van der Waals surface area contributed by atoms with Gasteiger partial charge in [-0.05, 0) is 28.1 Å². The van der Waals surface area contributed by atoms with Gasteiger partial charge in [-0.25, -0.2) is 4.98 Å². The fraction of sp³-hybridized carbons (Fsp3) is 0. The van der Waals surface area contributed by atoms with Gasteiger partial charge in [-0.2, -0.15) is 0 Å². The number of nitrogens with zero attached hydrogens (tertiary/aromatic N) is 1. The Hall–Kier alpha value is -1.06. The van der Waals surface area contributed by atoms with Crippen LogP contribution in [0.2, 0.25) is 5.02 Å². The fourth-order valence-electron chi connectivity index (χ4n) is 1.35. The summed E-state index contributed by atoms with van der Waals surface area (Å²) in [5.41, 5.74) is 7.60. The molecular weight excluding hydrogens is 275 g/mol. The van der Waals surface area contributed by atoms with Crippen LogP contribution in [0, 0.1) is 0 Å². The third-order valence-electron chi connectivity index (χ3n) is 2.08. The number of pyridine rings is 1. The molecule has 2 N–H and O–H groups in total. The van der Waals surface area contributed by atoms with Crippen LogP contribution >= 0.6 is 27.5 Å². The molecule has 2 rings (SSSR count). The van der Waals surface area contributed by atoms with Gasteiger partial charge in [0.1, 0.15) is 5.82 Å². The molecule has 1 heterocycles. The average molecular weight is 284 g/mol. The summed E-state index contributed by atoms with van der Waals surface area (Å²) in [5.74, 6) is 0.465. The summed E-state index contributed by atoms with van der Waals surface area (Å²) in [6, 6.07) is 9.50. The van der Waals surface area contributed by atoms with Gasteiger partial charge in [-0.15, -0.1) is 0 Å². The van der Waals surface area contributed by atoms with Crippen LogP contribution in [-0.4, -0.2) is 4.98 Å². The lowest BCUT2D eigenvalue weighted by molar-refractivity contribution is 1.32. The van der Waals surface area contributed by atoms with Crippen LogP contribution in [-0.2, 0) is 0 Å². The predicted molar refractivity (Wildman–Crippen MR) is 66.8 cm³/mol. The Balaban J connectivity index is 2.65. The van der Waals surface area contributed by atoms with E-state index in [1.54, 1.807) is 6.20 Å².